The van der Waals surface area contributed by atoms with E-state index in [1.54, 1.807) is 12.1 Å². The van der Waals surface area contributed by atoms with Crippen molar-refractivity contribution in [3.05, 3.63) is 29.3 Å². The van der Waals surface area contributed by atoms with Crippen LogP contribution in [0.25, 0.3) is 0 Å². The normalized spacial score (nSPS) is 37.9. The lowest BCUT2D eigenvalue weighted by Gasteiger charge is -2.55. The van der Waals surface area contributed by atoms with Gasteiger partial charge in [0.15, 0.2) is 0 Å². The fourth-order valence-electron chi connectivity index (χ4n) is 5.02. The molecule has 0 amide bonds. The topological polar surface area (TPSA) is 43.4 Å². The van der Waals surface area contributed by atoms with Crippen molar-refractivity contribution in [1.82, 2.24) is 0 Å². The lowest BCUT2D eigenvalue weighted by molar-refractivity contribution is -0.104. The minimum Gasteiger partial charge on any atom is -0.260 e. The van der Waals surface area contributed by atoms with Gasteiger partial charge in [-0.2, -0.15) is 8.42 Å². The Bertz CT molecular complexity index is 615. The summed E-state index contributed by atoms with van der Waals surface area (Å²) in [6.07, 6.45) is 6.53. The van der Waals surface area contributed by atoms with Crippen LogP contribution >= 0.6 is 11.6 Å². The lowest BCUT2D eigenvalue weighted by Crippen LogP contribution is -2.52. The minimum atomic E-state index is -3.70. The van der Waals surface area contributed by atoms with Crippen LogP contribution in [0.2, 0.25) is 5.02 Å². The largest absolute Gasteiger partial charge is 0.297 e. The number of benzene rings is 1. The Balaban J connectivity index is 1.61. The molecule has 1 aromatic rings. The van der Waals surface area contributed by atoms with Crippen LogP contribution in [-0.4, -0.2) is 14.0 Å². The molecule has 0 aromatic heterocycles. The molecule has 0 aliphatic heterocycles. The fourth-order valence-corrected chi connectivity index (χ4v) is 6.38. The molecule has 4 saturated carbocycles. The Labute approximate surface area is 130 Å². The van der Waals surface area contributed by atoms with E-state index in [2.05, 4.69) is 0 Å². The number of hydrogen-bond donors (Lipinski definition) is 0. The highest BCUT2D eigenvalue weighted by Crippen LogP contribution is 2.57. The standard InChI is InChI=1S/C16H19ClO3S/c17-14-1-3-15(4-2-14)21(18,19)20-16-8-11-5-12(9-16)7-13(6-11)10-16/h1-4,11-13H,5-10H2. The summed E-state index contributed by atoms with van der Waals surface area (Å²) < 4.78 is 30.9. The Kier molecular flexibility index (Phi) is 3.15. The number of hydrogen-bond acceptors (Lipinski definition) is 3. The molecule has 0 spiro atoms. The summed E-state index contributed by atoms with van der Waals surface area (Å²) >= 11 is 5.83. The Hall–Kier alpha value is -0.580. The second-order valence-electron chi connectivity index (χ2n) is 7.09. The fraction of sp³-hybridized carbons (Fsp3) is 0.625. The van der Waals surface area contributed by atoms with Crippen LogP contribution in [0.4, 0.5) is 0 Å². The third-order valence-electron chi connectivity index (χ3n) is 5.37. The van der Waals surface area contributed by atoms with Crippen molar-refractivity contribution in [1.29, 1.82) is 0 Å². The van der Waals surface area contributed by atoms with Crippen molar-refractivity contribution in [2.24, 2.45) is 17.8 Å². The van der Waals surface area contributed by atoms with Gasteiger partial charge in [0.25, 0.3) is 10.1 Å². The second kappa shape index (κ2) is 4.71. The van der Waals surface area contributed by atoms with Gasteiger partial charge >= 0.3 is 0 Å². The van der Waals surface area contributed by atoms with Crippen LogP contribution in [-0.2, 0) is 14.3 Å². The van der Waals surface area contributed by atoms with Gasteiger partial charge in [-0.15, -0.1) is 0 Å². The molecule has 4 fully saturated rings. The first-order chi connectivity index (χ1) is 9.94. The van der Waals surface area contributed by atoms with E-state index in [0.717, 1.165) is 19.3 Å². The first-order valence-electron chi connectivity index (χ1n) is 7.65. The first kappa shape index (κ1) is 14.0. The molecule has 0 unspecified atom stereocenters. The Morgan fingerprint density at radius 3 is 1.90 bits per heavy atom. The van der Waals surface area contributed by atoms with Crippen LogP contribution in [0.3, 0.4) is 0 Å². The van der Waals surface area contributed by atoms with Crippen molar-refractivity contribution in [2.45, 2.75) is 49.0 Å². The third-order valence-corrected chi connectivity index (χ3v) is 7.05. The van der Waals surface area contributed by atoms with E-state index in [0.29, 0.717) is 22.8 Å². The van der Waals surface area contributed by atoms with Crippen LogP contribution in [0.1, 0.15) is 38.5 Å². The van der Waals surface area contributed by atoms with Crippen LogP contribution in [0.15, 0.2) is 29.2 Å². The molecule has 4 bridgehead atoms. The summed E-state index contributed by atoms with van der Waals surface area (Å²) in [4.78, 5) is 0.211. The van der Waals surface area contributed by atoms with Gasteiger partial charge in [-0.1, -0.05) is 11.6 Å². The monoisotopic (exact) mass is 326 g/mol. The zero-order valence-corrected chi connectivity index (χ0v) is 13.4. The van der Waals surface area contributed by atoms with Gasteiger partial charge in [0.1, 0.15) is 0 Å². The average molecular weight is 327 g/mol. The molecule has 1 aromatic carbocycles. The van der Waals surface area contributed by atoms with Crippen molar-refractivity contribution in [3.8, 4) is 0 Å². The van der Waals surface area contributed by atoms with Gasteiger partial charge in [-0.05, 0) is 80.5 Å². The second-order valence-corrected chi connectivity index (χ2v) is 9.07. The zero-order valence-electron chi connectivity index (χ0n) is 11.8. The van der Waals surface area contributed by atoms with Gasteiger partial charge < -0.3 is 0 Å². The maximum Gasteiger partial charge on any atom is 0.297 e. The molecule has 4 aliphatic rings. The van der Waals surface area contributed by atoms with Gasteiger partial charge in [-0.3, -0.25) is 4.18 Å². The zero-order chi connectivity index (χ0) is 14.7. The molecule has 3 nitrogen and oxygen atoms in total. The third kappa shape index (κ3) is 2.51. The number of rotatable bonds is 3. The van der Waals surface area contributed by atoms with E-state index >= 15 is 0 Å². The SMILES string of the molecule is O=S(=O)(OC12CC3CC(CC(C3)C1)C2)c1ccc(Cl)cc1. The highest BCUT2D eigenvalue weighted by Gasteiger charge is 2.53. The smallest absolute Gasteiger partial charge is 0.260 e. The molecule has 0 radical (unpaired) electrons. The lowest BCUT2D eigenvalue weighted by atomic mass is 9.54. The molecule has 5 rings (SSSR count). The van der Waals surface area contributed by atoms with E-state index in [1.807, 2.05) is 0 Å². The van der Waals surface area contributed by atoms with Crippen molar-refractivity contribution < 1.29 is 12.6 Å². The molecular formula is C16H19ClO3S. The van der Waals surface area contributed by atoms with E-state index < -0.39 is 15.7 Å². The van der Waals surface area contributed by atoms with Crippen molar-refractivity contribution in [3.63, 3.8) is 0 Å². The van der Waals surface area contributed by atoms with Crippen LogP contribution in [0, 0.1) is 17.8 Å². The van der Waals surface area contributed by atoms with E-state index in [4.69, 9.17) is 15.8 Å². The molecule has 21 heavy (non-hydrogen) atoms. The Morgan fingerprint density at radius 1 is 0.952 bits per heavy atom. The van der Waals surface area contributed by atoms with Gasteiger partial charge in [0, 0.05) is 5.02 Å². The van der Waals surface area contributed by atoms with Gasteiger partial charge in [0.05, 0.1) is 10.5 Å². The molecule has 0 atom stereocenters. The van der Waals surface area contributed by atoms with Crippen LogP contribution < -0.4 is 0 Å². The summed E-state index contributed by atoms with van der Waals surface area (Å²) in [6, 6.07) is 6.24. The molecule has 5 heteroatoms. The molecule has 114 valence electrons. The average Bonchev–Trinajstić information content (AvgIpc) is 2.36. The van der Waals surface area contributed by atoms with E-state index in [9.17, 15) is 8.42 Å². The van der Waals surface area contributed by atoms with Crippen molar-refractivity contribution >= 4 is 21.7 Å². The highest BCUT2D eigenvalue weighted by molar-refractivity contribution is 7.86. The summed E-state index contributed by atoms with van der Waals surface area (Å²) in [7, 11) is -3.70. The first-order valence-corrected chi connectivity index (χ1v) is 9.44. The molecular weight excluding hydrogens is 308 g/mol. The maximum atomic E-state index is 12.6. The molecule has 4 aliphatic carbocycles. The molecule has 0 N–H and O–H groups in total. The quantitative estimate of drug-likeness (QED) is 0.788. The highest BCUT2D eigenvalue weighted by atomic mass is 35.5. The number of halogens is 1. The van der Waals surface area contributed by atoms with Gasteiger partial charge in [-0.25, -0.2) is 0 Å². The molecule has 0 saturated heterocycles. The summed E-state index contributed by atoms with van der Waals surface area (Å²) in [6.45, 7) is 0. The predicted molar refractivity (Wildman–Crippen MR) is 80.6 cm³/mol. The predicted octanol–water partition coefficient (Wildman–Crippen LogP) is 4.01. The van der Waals surface area contributed by atoms with Gasteiger partial charge in [0.2, 0.25) is 0 Å². The maximum absolute atomic E-state index is 12.6. The summed E-state index contributed by atoms with van der Waals surface area (Å²) in [5.41, 5.74) is -0.437. The van der Waals surface area contributed by atoms with E-state index in [1.165, 1.54) is 31.4 Å². The minimum absolute atomic E-state index is 0.211. The van der Waals surface area contributed by atoms with Crippen molar-refractivity contribution in [2.75, 3.05) is 0 Å². The van der Waals surface area contributed by atoms with Crippen LogP contribution in [0.5, 0.6) is 0 Å². The Morgan fingerprint density at radius 2 is 1.43 bits per heavy atom. The molecule has 0 heterocycles. The summed E-state index contributed by atoms with van der Waals surface area (Å²) in [5, 5.41) is 0.531. The summed E-state index contributed by atoms with van der Waals surface area (Å²) in [5.74, 6) is 1.99. The van der Waals surface area contributed by atoms with E-state index in [-0.39, 0.29) is 4.90 Å².